The van der Waals surface area contributed by atoms with Crippen LogP contribution in [0.2, 0.25) is 0 Å². The van der Waals surface area contributed by atoms with Gasteiger partial charge in [0.1, 0.15) is 23.2 Å². The van der Waals surface area contributed by atoms with E-state index in [-0.39, 0.29) is 6.17 Å². The standard InChI is InChI=1S/C52H33N3O/c1-3-13-34(14-4-1)50-53-51(35-15-5-2-6-16-35)55-52(54-50)47-32-46-45-31-42(26-27-48(45)56-49(46)44-21-10-9-20-43(44)47)38-19-11-18-37-29-41(25-24-39(37)30-38)40-23-22-33-12-7-8-17-36(33)28-40/h1-17,19-32,52H,(H,53,54,55). The van der Waals surface area contributed by atoms with Crippen LogP contribution < -0.4 is 15.8 Å². The Bertz CT molecular complexity index is 3310. The lowest BCUT2D eigenvalue weighted by atomic mass is 9.96. The molecule has 1 aliphatic heterocycles. The average Bonchev–Trinajstić information content (AvgIpc) is 3.50. The van der Waals surface area contributed by atoms with Crippen molar-refractivity contribution in [1.82, 2.24) is 5.32 Å². The number of fused-ring (bicyclic) bond motifs is 7. The Balaban J connectivity index is 1.02. The van der Waals surface area contributed by atoms with Crippen molar-refractivity contribution >= 4 is 72.5 Å². The molecule has 1 aromatic heterocycles. The fraction of sp³-hybridized carbons (Fsp3) is 0.0192. The number of aliphatic imine (C=N–C) groups is 2. The summed E-state index contributed by atoms with van der Waals surface area (Å²) in [6.07, 6.45) is 6.07. The molecule has 11 rings (SSSR count). The Morgan fingerprint density at radius 2 is 1.25 bits per heavy atom. The van der Waals surface area contributed by atoms with E-state index in [9.17, 15) is 0 Å². The van der Waals surface area contributed by atoms with Crippen molar-refractivity contribution in [2.24, 2.45) is 9.98 Å². The van der Waals surface area contributed by atoms with E-state index in [4.69, 9.17) is 14.4 Å². The maximum Gasteiger partial charge on any atom is 0.159 e. The molecular weight excluding hydrogens is 683 g/mol. The number of nitrogens with zero attached hydrogens (tertiary/aromatic N) is 2. The molecule has 8 aromatic carbocycles. The van der Waals surface area contributed by atoms with E-state index in [0.717, 1.165) is 76.8 Å². The van der Waals surface area contributed by atoms with Gasteiger partial charge in [-0.25, -0.2) is 9.98 Å². The molecule has 0 saturated heterocycles. The highest BCUT2D eigenvalue weighted by Gasteiger charge is 2.25. The summed E-state index contributed by atoms with van der Waals surface area (Å²) >= 11 is 0. The predicted octanol–water partition coefficient (Wildman–Crippen LogP) is 10.9. The van der Waals surface area contributed by atoms with Crippen molar-refractivity contribution in [3.8, 4) is 11.1 Å². The first-order valence-electron chi connectivity index (χ1n) is 18.9. The second kappa shape index (κ2) is 13.1. The molecule has 0 fully saturated rings. The smallest absolute Gasteiger partial charge is 0.159 e. The number of furan rings is 1. The quantitative estimate of drug-likeness (QED) is 0.193. The zero-order chi connectivity index (χ0) is 37.0. The highest BCUT2D eigenvalue weighted by atomic mass is 16.3. The molecule has 1 N–H and O–H groups in total. The summed E-state index contributed by atoms with van der Waals surface area (Å²) in [5.41, 5.74) is 12.9. The Morgan fingerprint density at radius 3 is 2.11 bits per heavy atom. The number of amidine groups is 2. The van der Waals surface area contributed by atoms with Crippen molar-refractivity contribution < 1.29 is 4.42 Å². The Hall–Kier alpha value is -7.52. The van der Waals surface area contributed by atoms with Crippen molar-refractivity contribution in [3.63, 3.8) is 0 Å². The number of allylic oxidation sites excluding steroid dienone is 3. The van der Waals surface area contributed by atoms with Gasteiger partial charge in [0.15, 0.2) is 5.84 Å². The van der Waals surface area contributed by atoms with E-state index in [1.165, 1.54) is 21.9 Å². The lowest BCUT2D eigenvalue weighted by molar-refractivity contribution is 0.669. The first-order valence-corrected chi connectivity index (χ1v) is 18.9. The summed E-state index contributed by atoms with van der Waals surface area (Å²) in [5.74, 6) is 1.49. The van der Waals surface area contributed by atoms with Gasteiger partial charge < -0.3 is 9.73 Å². The van der Waals surface area contributed by atoms with Crippen LogP contribution >= 0.6 is 0 Å². The van der Waals surface area contributed by atoms with E-state index >= 15 is 0 Å². The van der Waals surface area contributed by atoms with Crippen LogP contribution in [0.15, 0.2) is 196 Å². The van der Waals surface area contributed by atoms with Crippen LogP contribution in [-0.2, 0) is 0 Å². The predicted molar refractivity (Wildman–Crippen MR) is 232 cm³/mol. The van der Waals surface area contributed by atoms with E-state index in [0.29, 0.717) is 5.84 Å². The van der Waals surface area contributed by atoms with Gasteiger partial charge >= 0.3 is 0 Å². The molecule has 56 heavy (non-hydrogen) atoms. The Morgan fingerprint density at radius 1 is 0.536 bits per heavy atom. The van der Waals surface area contributed by atoms with Crippen LogP contribution in [0.5, 0.6) is 0 Å². The van der Waals surface area contributed by atoms with Gasteiger partial charge in [0, 0.05) is 38.1 Å². The monoisotopic (exact) mass is 715 g/mol. The number of hydrogen-bond donors (Lipinski definition) is 1. The molecule has 0 radical (unpaired) electrons. The lowest BCUT2D eigenvalue weighted by Gasteiger charge is -2.24. The minimum atomic E-state index is -0.380. The average molecular weight is 716 g/mol. The van der Waals surface area contributed by atoms with E-state index < -0.39 is 0 Å². The zero-order valence-electron chi connectivity index (χ0n) is 30.3. The fourth-order valence-electron chi connectivity index (χ4n) is 8.07. The summed E-state index contributed by atoms with van der Waals surface area (Å²) in [4.78, 5) is 10.3. The molecule has 0 amide bonds. The highest BCUT2D eigenvalue weighted by Crippen LogP contribution is 2.40. The SMILES string of the molecule is C1=CC=C(c2ccc3oc4c5ccccc5c(C5N=C(c6ccccc6)N=C(c6ccccc6)N5)cc4c3c2)C=c2ccc(-c3ccc4ccccc4c3)cc2=1. The summed E-state index contributed by atoms with van der Waals surface area (Å²) < 4.78 is 6.66. The molecule has 262 valence electrons. The van der Waals surface area contributed by atoms with Crippen molar-refractivity contribution in [3.05, 3.63) is 215 Å². The maximum absolute atomic E-state index is 6.66. The van der Waals surface area contributed by atoms with Crippen molar-refractivity contribution in [2.75, 3.05) is 0 Å². The van der Waals surface area contributed by atoms with Crippen LogP contribution in [0.1, 0.15) is 28.4 Å². The molecule has 9 aromatic rings. The lowest BCUT2D eigenvalue weighted by Crippen LogP contribution is -2.33. The minimum absolute atomic E-state index is 0.380. The maximum atomic E-state index is 6.66. The van der Waals surface area contributed by atoms with Crippen LogP contribution in [0.25, 0.3) is 72.0 Å². The summed E-state index contributed by atoms with van der Waals surface area (Å²) in [5, 5.41) is 12.6. The largest absolute Gasteiger partial charge is 0.455 e. The Labute approximate surface area is 323 Å². The van der Waals surface area contributed by atoms with Gasteiger partial charge in [0.2, 0.25) is 0 Å². The van der Waals surface area contributed by atoms with Crippen LogP contribution in [0, 0.1) is 0 Å². The fourth-order valence-corrected chi connectivity index (χ4v) is 8.07. The summed E-state index contributed by atoms with van der Waals surface area (Å²) in [6, 6.07) is 59.5. The van der Waals surface area contributed by atoms with Crippen molar-refractivity contribution in [1.29, 1.82) is 0 Å². The summed E-state index contributed by atoms with van der Waals surface area (Å²) in [6.45, 7) is 0. The normalized spacial score (nSPS) is 15.0. The topological polar surface area (TPSA) is 49.9 Å². The molecule has 1 aliphatic carbocycles. The van der Waals surface area contributed by atoms with E-state index in [1.807, 2.05) is 42.5 Å². The van der Waals surface area contributed by atoms with Gasteiger partial charge in [-0.2, -0.15) is 0 Å². The third-order valence-corrected chi connectivity index (χ3v) is 10.9. The number of hydrogen-bond acceptors (Lipinski definition) is 4. The number of rotatable bonds is 5. The molecule has 1 atom stereocenters. The molecular formula is C52H33N3O. The van der Waals surface area contributed by atoms with Crippen molar-refractivity contribution in [2.45, 2.75) is 6.17 Å². The third-order valence-electron chi connectivity index (χ3n) is 10.9. The van der Waals surface area contributed by atoms with Gasteiger partial charge in [0.05, 0.1) is 0 Å². The second-order valence-electron chi connectivity index (χ2n) is 14.3. The first-order chi connectivity index (χ1) is 27.7. The first kappa shape index (κ1) is 32.0. The molecule has 0 bridgehead atoms. The highest BCUT2D eigenvalue weighted by molar-refractivity contribution is 6.18. The van der Waals surface area contributed by atoms with Gasteiger partial charge in [-0.1, -0.05) is 140 Å². The van der Waals surface area contributed by atoms with Crippen LogP contribution in [-0.4, -0.2) is 11.7 Å². The Kier molecular flexibility index (Phi) is 7.48. The summed E-state index contributed by atoms with van der Waals surface area (Å²) in [7, 11) is 0. The van der Waals surface area contributed by atoms with Gasteiger partial charge in [-0.15, -0.1) is 5.73 Å². The van der Waals surface area contributed by atoms with Gasteiger partial charge in [0.25, 0.3) is 0 Å². The second-order valence-corrected chi connectivity index (χ2v) is 14.3. The third kappa shape index (κ3) is 5.56. The molecule has 2 heterocycles. The van der Waals surface area contributed by atoms with Gasteiger partial charge in [-0.05, 0) is 92.2 Å². The molecule has 0 spiro atoms. The molecule has 4 nitrogen and oxygen atoms in total. The molecule has 1 unspecified atom stereocenters. The van der Waals surface area contributed by atoms with E-state index in [1.54, 1.807) is 0 Å². The number of nitrogens with one attached hydrogen (secondary N) is 1. The zero-order valence-corrected chi connectivity index (χ0v) is 30.3. The van der Waals surface area contributed by atoms with Crippen LogP contribution in [0.4, 0.5) is 0 Å². The minimum Gasteiger partial charge on any atom is -0.455 e. The molecule has 0 saturated carbocycles. The van der Waals surface area contributed by atoms with Gasteiger partial charge in [-0.3, -0.25) is 0 Å². The van der Waals surface area contributed by atoms with Crippen LogP contribution in [0.3, 0.4) is 0 Å². The number of benzene rings is 8. The molecule has 2 aliphatic rings. The van der Waals surface area contributed by atoms with E-state index in [2.05, 4.69) is 157 Å². The molecule has 4 heteroatoms.